The van der Waals surface area contributed by atoms with E-state index in [1.54, 1.807) is 0 Å². The molecule has 9 nitrogen and oxygen atoms in total. The molecule has 0 aliphatic heterocycles. The molecule has 14 heteroatoms. The SMILES string of the molecule is COc1ncc(Cl)cc1S(=O)(=O)Cc1ccc(F)c(-c2ccc3c(C(=O)NCCO)[nH]nc3c2F)c1F. The van der Waals surface area contributed by atoms with E-state index < -0.39 is 60.5 Å². The molecule has 0 fully saturated rings. The summed E-state index contributed by atoms with van der Waals surface area (Å²) >= 11 is 5.86. The summed E-state index contributed by atoms with van der Waals surface area (Å²) in [6.45, 7) is -0.370. The molecule has 0 aliphatic rings. The van der Waals surface area contributed by atoms with Gasteiger partial charge in [-0.15, -0.1) is 0 Å². The minimum atomic E-state index is -4.28. The molecule has 0 bridgehead atoms. The van der Waals surface area contributed by atoms with E-state index in [-0.39, 0.29) is 40.7 Å². The number of nitrogens with one attached hydrogen (secondary N) is 2. The maximum atomic E-state index is 15.5. The van der Waals surface area contributed by atoms with Crippen molar-refractivity contribution in [2.24, 2.45) is 0 Å². The molecule has 0 radical (unpaired) electrons. The minimum Gasteiger partial charge on any atom is -0.480 e. The van der Waals surface area contributed by atoms with Gasteiger partial charge in [0.25, 0.3) is 5.91 Å². The highest BCUT2D eigenvalue weighted by Crippen LogP contribution is 2.35. The lowest BCUT2D eigenvalue weighted by Crippen LogP contribution is -2.26. The standard InChI is InChI=1S/C23H18ClF3N4O5S/c1-36-23-16(8-12(24)9-29-23)37(34,35)10-11-2-5-15(25)17(18(11)26)13-3-4-14-20(19(13)27)30-31-21(14)22(33)28-6-7-32/h2-5,8-9,32H,6-7,10H2,1H3,(H,28,33)(H,30,31). The minimum absolute atomic E-state index is 0.00145. The van der Waals surface area contributed by atoms with Crippen molar-refractivity contribution in [2.45, 2.75) is 10.6 Å². The normalized spacial score (nSPS) is 11.6. The lowest BCUT2D eigenvalue weighted by atomic mass is 9.99. The van der Waals surface area contributed by atoms with Crippen LogP contribution in [0.1, 0.15) is 16.1 Å². The maximum absolute atomic E-state index is 15.5. The number of amides is 1. The number of hydrogen-bond donors (Lipinski definition) is 3. The molecule has 0 atom stereocenters. The van der Waals surface area contributed by atoms with Crippen LogP contribution in [-0.2, 0) is 15.6 Å². The lowest BCUT2D eigenvalue weighted by molar-refractivity contribution is 0.0941. The number of aromatic nitrogens is 3. The van der Waals surface area contributed by atoms with E-state index in [4.69, 9.17) is 21.4 Å². The molecule has 0 saturated carbocycles. The van der Waals surface area contributed by atoms with E-state index >= 15 is 8.78 Å². The number of aromatic amines is 1. The first-order valence-corrected chi connectivity index (χ1v) is 12.6. The smallest absolute Gasteiger partial charge is 0.270 e. The number of sulfone groups is 1. The van der Waals surface area contributed by atoms with Crippen molar-refractivity contribution in [2.75, 3.05) is 20.3 Å². The predicted octanol–water partition coefficient (Wildman–Crippen LogP) is 3.40. The van der Waals surface area contributed by atoms with E-state index in [2.05, 4.69) is 20.5 Å². The molecule has 37 heavy (non-hydrogen) atoms. The molecule has 1 amide bonds. The first-order chi connectivity index (χ1) is 17.6. The number of ether oxygens (including phenoxy) is 1. The van der Waals surface area contributed by atoms with Crippen LogP contribution < -0.4 is 10.1 Å². The molecular weight excluding hydrogens is 537 g/mol. The second kappa shape index (κ2) is 10.4. The topological polar surface area (TPSA) is 134 Å². The number of hydrogen-bond acceptors (Lipinski definition) is 7. The summed E-state index contributed by atoms with van der Waals surface area (Å²) < 4.78 is 76.7. The number of nitrogens with zero attached hydrogens (tertiary/aromatic N) is 2. The molecule has 3 N–H and O–H groups in total. The van der Waals surface area contributed by atoms with Gasteiger partial charge in [0.05, 0.1) is 30.1 Å². The van der Waals surface area contributed by atoms with Gasteiger partial charge in [-0.3, -0.25) is 9.89 Å². The van der Waals surface area contributed by atoms with Gasteiger partial charge < -0.3 is 15.2 Å². The largest absolute Gasteiger partial charge is 0.480 e. The number of methoxy groups -OCH3 is 1. The number of carbonyl (C=O) groups is 1. The Bertz CT molecular complexity index is 1630. The van der Waals surface area contributed by atoms with Crippen molar-refractivity contribution in [1.29, 1.82) is 0 Å². The number of H-pyrrole nitrogens is 1. The fourth-order valence-corrected chi connectivity index (χ4v) is 5.41. The summed E-state index contributed by atoms with van der Waals surface area (Å²) in [5, 5.41) is 17.4. The number of aliphatic hydroxyl groups is 1. The van der Waals surface area contributed by atoms with E-state index in [1.807, 2.05) is 0 Å². The third-order valence-corrected chi connectivity index (χ3v) is 7.25. The van der Waals surface area contributed by atoms with Gasteiger partial charge in [-0.2, -0.15) is 5.10 Å². The summed E-state index contributed by atoms with van der Waals surface area (Å²) in [6, 6.07) is 5.14. The Balaban J connectivity index is 1.78. The Hall–Kier alpha value is -3.68. The van der Waals surface area contributed by atoms with Gasteiger partial charge in [0, 0.05) is 29.3 Å². The van der Waals surface area contributed by atoms with Gasteiger partial charge in [-0.1, -0.05) is 23.7 Å². The van der Waals surface area contributed by atoms with Gasteiger partial charge in [0.1, 0.15) is 27.7 Å². The zero-order valence-corrected chi connectivity index (χ0v) is 20.6. The third kappa shape index (κ3) is 4.97. The van der Waals surface area contributed by atoms with Crippen molar-refractivity contribution >= 4 is 38.2 Å². The molecule has 2 heterocycles. The third-order valence-electron chi connectivity index (χ3n) is 5.39. The lowest BCUT2D eigenvalue weighted by Gasteiger charge is -2.13. The number of rotatable bonds is 8. The van der Waals surface area contributed by atoms with Crippen molar-refractivity contribution in [3.63, 3.8) is 0 Å². The van der Waals surface area contributed by atoms with Crippen LogP contribution >= 0.6 is 11.6 Å². The molecule has 4 rings (SSSR count). The number of fused-ring (bicyclic) bond motifs is 1. The van der Waals surface area contributed by atoms with Crippen LogP contribution in [0.25, 0.3) is 22.0 Å². The molecule has 0 aliphatic carbocycles. The quantitative estimate of drug-likeness (QED) is 0.304. The molecule has 0 spiro atoms. The van der Waals surface area contributed by atoms with E-state index in [0.717, 1.165) is 24.3 Å². The van der Waals surface area contributed by atoms with Crippen LogP contribution in [-0.4, -0.2) is 54.9 Å². The highest BCUT2D eigenvalue weighted by molar-refractivity contribution is 7.90. The molecule has 194 valence electrons. The fraction of sp³-hybridized carbons (Fsp3) is 0.174. The van der Waals surface area contributed by atoms with Gasteiger partial charge in [0.2, 0.25) is 5.88 Å². The van der Waals surface area contributed by atoms with Crippen LogP contribution in [0.15, 0.2) is 41.4 Å². The maximum Gasteiger partial charge on any atom is 0.270 e. The van der Waals surface area contributed by atoms with Crippen LogP contribution in [0.3, 0.4) is 0 Å². The average molecular weight is 555 g/mol. The zero-order valence-electron chi connectivity index (χ0n) is 19.0. The number of carbonyl (C=O) groups excluding carboxylic acids is 1. The molecule has 4 aromatic rings. The highest BCUT2D eigenvalue weighted by Gasteiger charge is 2.27. The average Bonchev–Trinajstić information content (AvgIpc) is 3.31. The van der Waals surface area contributed by atoms with Crippen molar-refractivity contribution < 1.29 is 36.2 Å². The van der Waals surface area contributed by atoms with E-state index in [0.29, 0.717) is 0 Å². The second-order valence-electron chi connectivity index (χ2n) is 7.72. The van der Waals surface area contributed by atoms with Crippen molar-refractivity contribution in [3.05, 3.63) is 70.3 Å². The molecule has 0 saturated heterocycles. The van der Waals surface area contributed by atoms with Crippen molar-refractivity contribution in [1.82, 2.24) is 20.5 Å². The first kappa shape index (κ1) is 26.4. The first-order valence-electron chi connectivity index (χ1n) is 10.5. The second-order valence-corrected chi connectivity index (χ2v) is 10.1. The van der Waals surface area contributed by atoms with Crippen LogP contribution in [0, 0.1) is 17.5 Å². The monoisotopic (exact) mass is 554 g/mol. The Morgan fingerprint density at radius 1 is 1.19 bits per heavy atom. The van der Waals surface area contributed by atoms with E-state index in [9.17, 15) is 17.6 Å². The number of halogens is 4. The fourth-order valence-electron chi connectivity index (χ4n) is 3.69. The number of aliphatic hydroxyl groups excluding tert-OH is 1. The van der Waals surface area contributed by atoms with Crippen LogP contribution in [0.4, 0.5) is 13.2 Å². The van der Waals surface area contributed by atoms with Gasteiger partial charge >= 0.3 is 0 Å². The number of benzene rings is 2. The molecular formula is C23H18ClF3N4O5S. The van der Waals surface area contributed by atoms with Crippen LogP contribution in [0.2, 0.25) is 5.02 Å². The number of pyridine rings is 1. The van der Waals surface area contributed by atoms with Crippen molar-refractivity contribution in [3.8, 4) is 17.0 Å². The molecule has 2 aromatic carbocycles. The van der Waals surface area contributed by atoms with Crippen LogP contribution in [0.5, 0.6) is 5.88 Å². The van der Waals surface area contributed by atoms with Gasteiger partial charge in [-0.05, 0) is 18.2 Å². The Kier molecular flexibility index (Phi) is 7.39. The molecule has 0 unspecified atom stereocenters. The predicted molar refractivity (Wildman–Crippen MR) is 128 cm³/mol. The molecule has 2 aromatic heterocycles. The zero-order chi connectivity index (χ0) is 26.9. The van der Waals surface area contributed by atoms with Gasteiger partial charge in [-0.25, -0.2) is 26.6 Å². The Labute approximate surface area is 213 Å². The summed E-state index contributed by atoms with van der Waals surface area (Å²) in [4.78, 5) is 15.6. The summed E-state index contributed by atoms with van der Waals surface area (Å²) in [5.74, 6) is -5.43. The van der Waals surface area contributed by atoms with E-state index in [1.165, 1.54) is 19.4 Å². The summed E-state index contributed by atoms with van der Waals surface area (Å²) in [6.07, 6.45) is 1.17. The highest BCUT2D eigenvalue weighted by atomic mass is 35.5. The summed E-state index contributed by atoms with van der Waals surface area (Å²) in [7, 11) is -3.08. The summed E-state index contributed by atoms with van der Waals surface area (Å²) in [5.41, 5.74) is -2.25. The Morgan fingerprint density at radius 3 is 2.65 bits per heavy atom. The Morgan fingerprint density at radius 2 is 1.95 bits per heavy atom. The van der Waals surface area contributed by atoms with Gasteiger partial charge in [0.15, 0.2) is 15.7 Å².